The molecule has 0 atom stereocenters. The lowest BCUT2D eigenvalue weighted by Crippen LogP contribution is -2.23. The highest BCUT2D eigenvalue weighted by Gasteiger charge is 2.21. The first-order valence-electron chi connectivity index (χ1n) is 6.92. The highest BCUT2D eigenvalue weighted by molar-refractivity contribution is 5.91. The molecule has 1 amide bonds. The lowest BCUT2D eigenvalue weighted by atomic mass is 10.00. The number of ether oxygens (including phenoxy) is 1. The smallest absolute Gasteiger partial charge is 0.270 e. The van der Waals surface area contributed by atoms with Gasteiger partial charge in [-0.15, -0.1) is 0 Å². The fourth-order valence-electron chi connectivity index (χ4n) is 2.20. The van der Waals surface area contributed by atoms with E-state index in [9.17, 15) is 4.79 Å². The van der Waals surface area contributed by atoms with Gasteiger partial charge in [0.05, 0.1) is 6.54 Å². The molecular weight excluding hydrogens is 272 g/mol. The van der Waals surface area contributed by atoms with E-state index in [0.717, 1.165) is 26.1 Å². The minimum Gasteiger partial charge on any atom is -0.381 e. The highest BCUT2D eigenvalue weighted by atomic mass is 16.5. The summed E-state index contributed by atoms with van der Waals surface area (Å²) >= 11 is 0. The predicted octanol–water partition coefficient (Wildman–Crippen LogP) is 1.29. The second-order valence-corrected chi connectivity index (χ2v) is 4.83. The van der Waals surface area contributed by atoms with Crippen LogP contribution in [0.2, 0.25) is 0 Å². The van der Waals surface area contributed by atoms with Gasteiger partial charge in [0.15, 0.2) is 5.82 Å². The van der Waals surface area contributed by atoms with Crippen LogP contribution in [-0.2, 0) is 11.3 Å². The van der Waals surface area contributed by atoms with Crippen molar-refractivity contribution < 1.29 is 14.1 Å². The molecule has 0 bridgehead atoms. The van der Waals surface area contributed by atoms with Crippen molar-refractivity contribution in [1.82, 2.24) is 20.4 Å². The first-order valence-corrected chi connectivity index (χ1v) is 6.92. The number of rotatable bonds is 4. The molecule has 1 fully saturated rings. The van der Waals surface area contributed by atoms with E-state index in [-0.39, 0.29) is 18.4 Å². The van der Waals surface area contributed by atoms with Crippen molar-refractivity contribution in [2.24, 2.45) is 0 Å². The Labute approximate surface area is 121 Å². The fourth-order valence-corrected chi connectivity index (χ4v) is 2.20. The highest BCUT2D eigenvalue weighted by Crippen LogP contribution is 2.24. The quantitative estimate of drug-likeness (QED) is 0.911. The summed E-state index contributed by atoms with van der Waals surface area (Å²) in [6.45, 7) is 1.65. The zero-order valence-electron chi connectivity index (χ0n) is 11.5. The van der Waals surface area contributed by atoms with Crippen LogP contribution < -0.4 is 5.32 Å². The van der Waals surface area contributed by atoms with Crippen LogP contribution in [-0.4, -0.2) is 34.2 Å². The van der Waals surface area contributed by atoms with E-state index in [1.807, 2.05) is 0 Å². The zero-order chi connectivity index (χ0) is 14.5. The standard InChI is InChI=1S/C14H16N4O3/c19-14(11-3-1-2-6-15-11)16-9-12-17-13(18-21-12)10-4-7-20-8-5-10/h1-3,6,10H,4-5,7-9H2,(H,16,19). The fraction of sp³-hybridized carbons (Fsp3) is 0.429. The number of nitrogens with zero attached hydrogens (tertiary/aromatic N) is 3. The minimum absolute atomic E-state index is 0.200. The maximum Gasteiger partial charge on any atom is 0.270 e. The summed E-state index contributed by atoms with van der Waals surface area (Å²) in [6.07, 6.45) is 3.38. The van der Waals surface area contributed by atoms with Gasteiger partial charge in [-0.1, -0.05) is 11.2 Å². The van der Waals surface area contributed by atoms with Gasteiger partial charge < -0.3 is 14.6 Å². The number of carbonyl (C=O) groups is 1. The van der Waals surface area contributed by atoms with E-state index in [2.05, 4.69) is 20.4 Å². The Morgan fingerprint density at radius 2 is 2.19 bits per heavy atom. The Kier molecular flexibility index (Phi) is 4.20. The third kappa shape index (κ3) is 3.43. The maximum absolute atomic E-state index is 11.8. The van der Waals surface area contributed by atoms with Gasteiger partial charge in [-0.2, -0.15) is 4.98 Å². The van der Waals surface area contributed by atoms with Gasteiger partial charge in [0.25, 0.3) is 5.91 Å². The van der Waals surface area contributed by atoms with Gasteiger partial charge >= 0.3 is 0 Å². The average molecular weight is 288 g/mol. The Morgan fingerprint density at radius 3 is 2.95 bits per heavy atom. The number of amides is 1. The molecule has 21 heavy (non-hydrogen) atoms. The summed E-state index contributed by atoms with van der Waals surface area (Å²) in [6, 6.07) is 5.17. The van der Waals surface area contributed by atoms with Gasteiger partial charge in [-0.3, -0.25) is 9.78 Å². The van der Waals surface area contributed by atoms with Crippen LogP contribution in [0.25, 0.3) is 0 Å². The van der Waals surface area contributed by atoms with E-state index < -0.39 is 0 Å². The number of nitrogens with one attached hydrogen (secondary N) is 1. The van der Waals surface area contributed by atoms with Crippen molar-refractivity contribution in [3.63, 3.8) is 0 Å². The Bertz CT molecular complexity index is 593. The largest absolute Gasteiger partial charge is 0.381 e. The number of hydrogen-bond donors (Lipinski definition) is 1. The normalized spacial score (nSPS) is 15.8. The first-order chi connectivity index (χ1) is 10.3. The summed E-state index contributed by atoms with van der Waals surface area (Å²) in [5.41, 5.74) is 0.363. The summed E-state index contributed by atoms with van der Waals surface area (Å²) in [5.74, 6) is 1.12. The molecule has 0 radical (unpaired) electrons. The van der Waals surface area contributed by atoms with E-state index in [1.165, 1.54) is 0 Å². The number of hydrogen-bond acceptors (Lipinski definition) is 6. The second-order valence-electron chi connectivity index (χ2n) is 4.83. The number of carbonyl (C=O) groups excluding carboxylic acids is 1. The van der Waals surface area contributed by atoms with Crippen LogP contribution in [0.1, 0.15) is 41.0 Å². The topological polar surface area (TPSA) is 90.1 Å². The predicted molar refractivity (Wildman–Crippen MR) is 72.5 cm³/mol. The molecule has 0 spiro atoms. The number of pyridine rings is 1. The average Bonchev–Trinajstić information content (AvgIpc) is 3.03. The lowest BCUT2D eigenvalue weighted by molar-refractivity contribution is 0.0830. The monoisotopic (exact) mass is 288 g/mol. The summed E-state index contributed by atoms with van der Waals surface area (Å²) in [4.78, 5) is 20.2. The van der Waals surface area contributed by atoms with Crippen LogP contribution in [0.5, 0.6) is 0 Å². The van der Waals surface area contributed by atoms with Gasteiger partial charge in [-0.25, -0.2) is 0 Å². The summed E-state index contributed by atoms with van der Waals surface area (Å²) < 4.78 is 10.5. The molecule has 0 unspecified atom stereocenters. The molecular formula is C14H16N4O3. The van der Waals surface area contributed by atoms with Crippen LogP contribution in [0.3, 0.4) is 0 Å². The third-order valence-electron chi connectivity index (χ3n) is 3.37. The van der Waals surface area contributed by atoms with Gasteiger partial charge in [0.1, 0.15) is 5.69 Å². The molecule has 7 nitrogen and oxygen atoms in total. The summed E-state index contributed by atoms with van der Waals surface area (Å²) in [7, 11) is 0. The number of aromatic nitrogens is 3. The molecule has 0 aromatic carbocycles. The van der Waals surface area contributed by atoms with Crippen molar-refractivity contribution in [3.05, 3.63) is 41.8 Å². The third-order valence-corrected chi connectivity index (χ3v) is 3.37. The van der Waals surface area contributed by atoms with Crippen LogP contribution in [0.15, 0.2) is 28.9 Å². The summed E-state index contributed by atoms with van der Waals surface area (Å²) in [5, 5.41) is 6.69. The van der Waals surface area contributed by atoms with Crippen LogP contribution in [0, 0.1) is 0 Å². The van der Waals surface area contributed by atoms with Crippen molar-refractivity contribution >= 4 is 5.91 Å². The molecule has 1 N–H and O–H groups in total. The molecule has 3 heterocycles. The van der Waals surface area contributed by atoms with Gasteiger partial charge in [0, 0.05) is 25.3 Å². The van der Waals surface area contributed by atoms with Crippen molar-refractivity contribution in [3.8, 4) is 0 Å². The molecule has 3 rings (SSSR count). The van der Waals surface area contributed by atoms with E-state index >= 15 is 0 Å². The molecule has 2 aromatic heterocycles. The molecule has 2 aromatic rings. The second kappa shape index (κ2) is 6.45. The molecule has 1 aliphatic heterocycles. The molecule has 1 saturated heterocycles. The zero-order valence-corrected chi connectivity index (χ0v) is 11.5. The van der Waals surface area contributed by atoms with Crippen molar-refractivity contribution in [2.45, 2.75) is 25.3 Å². The van der Waals surface area contributed by atoms with Crippen molar-refractivity contribution in [1.29, 1.82) is 0 Å². The molecule has 0 aliphatic carbocycles. The van der Waals surface area contributed by atoms with Crippen LogP contribution >= 0.6 is 0 Å². The molecule has 7 heteroatoms. The van der Waals surface area contributed by atoms with E-state index in [0.29, 0.717) is 17.4 Å². The van der Waals surface area contributed by atoms with Crippen molar-refractivity contribution in [2.75, 3.05) is 13.2 Å². The lowest BCUT2D eigenvalue weighted by Gasteiger charge is -2.18. The Hall–Kier alpha value is -2.28. The molecule has 1 aliphatic rings. The van der Waals surface area contributed by atoms with Crippen LogP contribution in [0.4, 0.5) is 0 Å². The van der Waals surface area contributed by atoms with Gasteiger partial charge in [0.2, 0.25) is 5.89 Å². The van der Waals surface area contributed by atoms with Gasteiger partial charge in [-0.05, 0) is 25.0 Å². The Balaban J connectivity index is 1.56. The van der Waals surface area contributed by atoms with E-state index in [1.54, 1.807) is 24.4 Å². The minimum atomic E-state index is -0.263. The first kappa shape index (κ1) is 13.7. The van der Waals surface area contributed by atoms with E-state index in [4.69, 9.17) is 9.26 Å². The molecule has 110 valence electrons. The molecule has 0 saturated carbocycles. The maximum atomic E-state index is 11.8. The SMILES string of the molecule is O=C(NCc1nc(C2CCOCC2)no1)c1ccccn1. The Morgan fingerprint density at radius 1 is 1.33 bits per heavy atom.